The Bertz CT molecular complexity index is 1040. The first-order valence-corrected chi connectivity index (χ1v) is 9.80. The van der Waals surface area contributed by atoms with Crippen LogP contribution in [0.3, 0.4) is 0 Å². The molecule has 30 heavy (non-hydrogen) atoms. The summed E-state index contributed by atoms with van der Waals surface area (Å²) in [7, 11) is 1.57. The third kappa shape index (κ3) is 3.59. The molecule has 7 heteroatoms. The topological polar surface area (TPSA) is 84.7 Å². The third-order valence-corrected chi connectivity index (χ3v) is 5.47. The molecule has 0 bridgehead atoms. The Morgan fingerprint density at radius 1 is 1.07 bits per heavy atom. The number of hydrogen-bond donors (Lipinski definition) is 1. The summed E-state index contributed by atoms with van der Waals surface area (Å²) >= 11 is 0. The highest BCUT2D eigenvalue weighted by Crippen LogP contribution is 2.39. The number of carbonyl (C=O) groups excluding carboxylic acids is 1. The van der Waals surface area contributed by atoms with Gasteiger partial charge in [0.05, 0.1) is 18.8 Å². The van der Waals surface area contributed by atoms with Crippen LogP contribution >= 0.6 is 0 Å². The Morgan fingerprint density at radius 3 is 2.23 bits per heavy atom. The van der Waals surface area contributed by atoms with Gasteiger partial charge in [0, 0.05) is 26.1 Å². The van der Waals surface area contributed by atoms with E-state index in [1.807, 2.05) is 60.7 Å². The van der Waals surface area contributed by atoms with E-state index in [1.54, 1.807) is 12.0 Å². The Balaban J connectivity index is 1.90. The monoisotopic (exact) mass is 405 g/mol. The highest BCUT2D eigenvalue weighted by molar-refractivity contribution is 5.95. The smallest absolute Gasteiger partial charge is 0.276 e. The van der Waals surface area contributed by atoms with E-state index >= 15 is 0 Å². The van der Waals surface area contributed by atoms with Gasteiger partial charge in [-0.2, -0.15) is 5.10 Å². The number of aromatic nitrogens is 2. The summed E-state index contributed by atoms with van der Waals surface area (Å²) < 4.78 is 6.67. The maximum Gasteiger partial charge on any atom is 0.276 e. The predicted octanol–water partition coefficient (Wildman–Crippen LogP) is 2.42. The van der Waals surface area contributed by atoms with Crippen LogP contribution in [0.5, 0.6) is 5.75 Å². The molecule has 1 aromatic heterocycles. The van der Waals surface area contributed by atoms with Crippen molar-refractivity contribution in [2.45, 2.75) is 12.0 Å². The zero-order valence-corrected chi connectivity index (χ0v) is 16.6. The molecule has 0 aliphatic carbocycles. The van der Waals surface area contributed by atoms with Crippen molar-refractivity contribution in [1.82, 2.24) is 14.7 Å². The molecular formula is C23H23N3O4. The van der Waals surface area contributed by atoms with Gasteiger partial charge in [0.1, 0.15) is 0 Å². The number of fused-ring (bicyclic) bond motifs is 1. The van der Waals surface area contributed by atoms with E-state index in [-0.39, 0.29) is 17.7 Å². The normalized spacial score (nSPS) is 16.0. The molecule has 1 amide bonds. The van der Waals surface area contributed by atoms with E-state index in [1.165, 1.54) is 4.68 Å². The van der Waals surface area contributed by atoms with Crippen molar-refractivity contribution >= 4 is 5.91 Å². The Labute approximate surface area is 174 Å². The molecule has 0 saturated carbocycles. The van der Waals surface area contributed by atoms with Crippen molar-refractivity contribution in [3.05, 3.63) is 93.9 Å². The number of aromatic hydroxyl groups is 1. The van der Waals surface area contributed by atoms with Crippen LogP contribution in [-0.2, 0) is 4.74 Å². The van der Waals surface area contributed by atoms with Gasteiger partial charge in [0.25, 0.3) is 5.91 Å². The standard InChI is InChI=1S/C23H23N3O4/c1-30-13-12-25-15-18(26-21(23(25)29)22(28)19(27)14-24-26)20(16-8-4-2-5-9-16)17-10-6-3-7-11-17/h2-11,14,18,20,28H,12-13,15H2,1H3/t18-/m1/s1. The Hall–Kier alpha value is -3.45. The molecule has 2 heterocycles. The summed E-state index contributed by atoms with van der Waals surface area (Å²) in [5.74, 6) is -1.13. The first-order valence-electron chi connectivity index (χ1n) is 9.80. The molecule has 1 atom stereocenters. The zero-order valence-electron chi connectivity index (χ0n) is 16.6. The summed E-state index contributed by atoms with van der Waals surface area (Å²) in [6.07, 6.45) is 1.07. The lowest BCUT2D eigenvalue weighted by atomic mass is 9.83. The number of hydrogen-bond acceptors (Lipinski definition) is 5. The van der Waals surface area contributed by atoms with Gasteiger partial charge in [-0.25, -0.2) is 0 Å². The molecule has 3 aromatic rings. The number of benzene rings is 2. The van der Waals surface area contributed by atoms with E-state index < -0.39 is 17.1 Å². The predicted molar refractivity (Wildman–Crippen MR) is 112 cm³/mol. The van der Waals surface area contributed by atoms with E-state index in [9.17, 15) is 14.7 Å². The van der Waals surface area contributed by atoms with Gasteiger partial charge >= 0.3 is 0 Å². The second-order valence-corrected chi connectivity index (χ2v) is 7.26. The Morgan fingerprint density at radius 2 is 1.67 bits per heavy atom. The van der Waals surface area contributed by atoms with Crippen LogP contribution in [0.15, 0.2) is 71.7 Å². The summed E-state index contributed by atoms with van der Waals surface area (Å²) in [4.78, 5) is 26.7. The maximum absolute atomic E-state index is 13.0. The van der Waals surface area contributed by atoms with Gasteiger partial charge in [-0.3, -0.25) is 14.3 Å². The number of carbonyl (C=O) groups is 1. The number of nitrogens with zero attached hydrogens (tertiary/aromatic N) is 3. The van der Waals surface area contributed by atoms with Crippen LogP contribution in [-0.4, -0.2) is 52.5 Å². The van der Waals surface area contributed by atoms with Crippen molar-refractivity contribution in [3.63, 3.8) is 0 Å². The minimum atomic E-state index is -0.669. The van der Waals surface area contributed by atoms with Gasteiger partial charge in [-0.1, -0.05) is 60.7 Å². The molecule has 0 fully saturated rings. The van der Waals surface area contributed by atoms with Gasteiger partial charge in [0.15, 0.2) is 11.4 Å². The number of rotatable bonds is 6. The van der Waals surface area contributed by atoms with Crippen molar-refractivity contribution in [1.29, 1.82) is 0 Å². The zero-order chi connectivity index (χ0) is 21.1. The average molecular weight is 405 g/mol. The molecule has 1 aliphatic heterocycles. The molecule has 0 saturated heterocycles. The molecular weight excluding hydrogens is 382 g/mol. The molecule has 2 aromatic carbocycles. The van der Waals surface area contributed by atoms with Crippen molar-refractivity contribution < 1.29 is 14.6 Å². The third-order valence-electron chi connectivity index (χ3n) is 5.47. The highest BCUT2D eigenvalue weighted by Gasteiger charge is 2.39. The fraction of sp³-hybridized carbons (Fsp3) is 0.261. The quantitative estimate of drug-likeness (QED) is 0.681. The molecule has 154 valence electrons. The van der Waals surface area contributed by atoms with Crippen molar-refractivity contribution in [2.24, 2.45) is 0 Å². The fourth-order valence-electron chi connectivity index (χ4n) is 4.04. The number of ether oxygens (including phenoxy) is 1. The number of amides is 1. The van der Waals surface area contributed by atoms with Gasteiger partial charge < -0.3 is 14.7 Å². The van der Waals surface area contributed by atoms with E-state index in [0.717, 1.165) is 17.3 Å². The van der Waals surface area contributed by atoms with Crippen molar-refractivity contribution in [2.75, 3.05) is 26.8 Å². The fourth-order valence-corrected chi connectivity index (χ4v) is 4.04. The first-order chi connectivity index (χ1) is 14.6. The molecule has 7 nitrogen and oxygen atoms in total. The molecule has 0 radical (unpaired) electrons. The van der Waals surface area contributed by atoms with Crippen LogP contribution in [0, 0.1) is 0 Å². The minimum absolute atomic E-state index is 0.0771. The van der Waals surface area contributed by atoms with E-state index in [0.29, 0.717) is 19.7 Å². The van der Waals surface area contributed by atoms with Crippen molar-refractivity contribution in [3.8, 4) is 5.75 Å². The molecule has 0 spiro atoms. The summed E-state index contributed by atoms with van der Waals surface area (Å²) in [6, 6.07) is 19.6. The molecule has 1 aliphatic rings. The lowest BCUT2D eigenvalue weighted by molar-refractivity contribution is 0.0565. The second-order valence-electron chi connectivity index (χ2n) is 7.26. The molecule has 4 rings (SSSR count). The van der Waals surface area contributed by atoms with Gasteiger partial charge in [-0.05, 0) is 11.1 Å². The van der Waals surface area contributed by atoms with E-state index in [4.69, 9.17) is 4.74 Å². The van der Waals surface area contributed by atoms with Crippen LogP contribution < -0.4 is 5.43 Å². The Kier molecular flexibility index (Phi) is 5.63. The summed E-state index contributed by atoms with van der Waals surface area (Å²) in [6.45, 7) is 1.08. The summed E-state index contributed by atoms with van der Waals surface area (Å²) in [5.41, 5.74) is 1.37. The van der Waals surface area contributed by atoms with Gasteiger partial charge in [0.2, 0.25) is 5.43 Å². The first kappa shape index (κ1) is 19.8. The molecule has 1 N–H and O–H groups in total. The average Bonchev–Trinajstić information content (AvgIpc) is 2.78. The number of methoxy groups -OCH3 is 1. The SMILES string of the molecule is COCCN1C[C@H](C(c2ccccc2)c2ccccc2)n2ncc(=O)c(O)c2C1=O. The van der Waals surface area contributed by atoms with Crippen LogP contribution in [0.2, 0.25) is 0 Å². The van der Waals surface area contributed by atoms with E-state index in [2.05, 4.69) is 5.10 Å². The second kappa shape index (κ2) is 8.51. The van der Waals surface area contributed by atoms with Crippen LogP contribution in [0.25, 0.3) is 0 Å². The summed E-state index contributed by atoms with van der Waals surface area (Å²) in [5, 5.41) is 14.7. The van der Waals surface area contributed by atoms with Crippen LogP contribution in [0.1, 0.15) is 33.6 Å². The van der Waals surface area contributed by atoms with Gasteiger partial charge in [-0.15, -0.1) is 0 Å². The minimum Gasteiger partial charge on any atom is -0.502 e. The lowest BCUT2D eigenvalue weighted by Crippen LogP contribution is -2.48. The maximum atomic E-state index is 13.0. The molecule has 0 unspecified atom stereocenters. The van der Waals surface area contributed by atoms with Crippen LogP contribution in [0.4, 0.5) is 0 Å². The largest absolute Gasteiger partial charge is 0.502 e. The highest BCUT2D eigenvalue weighted by atomic mass is 16.5. The lowest BCUT2D eigenvalue weighted by Gasteiger charge is -2.39.